The van der Waals surface area contributed by atoms with Crippen molar-refractivity contribution in [3.63, 3.8) is 0 Å². The van der Waals surface area contributed by atoms with E-state index in [2.05, 4.69) is 15.3 Å². The Bertz CT molecular complexity index is 805. The summed E-state index contributed by atoms with van der Waals surface area (Å²) in [5.41, 5.74) is 3.07. The molecule has 3 heterocycles. The van der Waals surface area contributed by atoms with Crippen LogP contribution in [0, 0.1) is 11.8 Å². The summed E-state index contributed by atoms with van der Waals surface area (Å²) >= 11 is 1.43. The third-order valence-corrected chi connectivity index (χ3v) is 6.73. The van der Waals surface area contributed by atoms with Crippen LogP contribution in [0.25, 0.3) is 0 Å². The van der Waals surface area contributed by atoms with Gasteiger partial charge in [-0.15, -0.1) is 11.3 Å². The van der Waals surface area contributed by atoms with E-state index in [4.69, 9.17) is 0 Å². The number of carbonyl (C=O) groups excluding carboxylic acids is 2. The third-order valence-electron chi connectivity index (χ3n) is 6.14. The maximum Gasteiger partial charge on any atom is 0.273 e. The first-order chi connectivity index (χ1) is 14.2. The smallest absolute Gasteiger partial charge is 0.273 e. The van der Waals surface area contributed by atoms with Crippen LogP contribution in [0.4, 0.5) is 0 Å². The zero-order valence-corrected chi connectivity index (χ0v) is 17.4. The molecule has 1 aliphatic carbocycles. The molecule has 1 saturated heterocycles. The average Bonchev–Trinajstić information content (AvgIpc) is 3.47. The van der Waals surface area contributed by atoms with Crippen LogP contribution < -0.4 is 5.32 Å². The van der Waals surface area contributed by atoms with E-state index in [0.717, 1.165) is 37.9 Å². The Labute approximate surface area is 175 Å². The van der Waals surface area contributed by atoms with E-state index in [1.807, 2.05) is 23.1 Å². The van der Waals surface area contributed by atoms with E-state index >= 15 is 0 Å². The summed E-state index contributed by atoms with van der Waals surface area (Å²) < 4.78 is 0. The van der Waals surface area contributed by atoms with Crippen LogP contribution >= 0.6 is 11.3 Å². The van der Waals surface area contributed by atoms with Gasteiger partial charge < -0.3 is 10.2 Å². The molecule has 1 N–H and O–H groups in total. The molecule has 4 rings (SSSR count). The largest absolute Gasteiger partial charge is 0.347 e. The summed E-state index contributed by atoms with van der Waals surface area (Å²) in [5.74, 6) is 0.741. The maximum atomic E-state index is 12.8. The number of aromatic nitrogens is 2. The van der Waals surface area contributed by atoms with Gasteiger partial charge in [0.1, 0.15) is 5.69 Å². The fraction of sp³-hybridized carbons (Fsp3) is 0.545. The van der Waals surface area contributed by atoms with E-state index in [0.29, 0.717) is 24.6 Å². The summed E-state index contributed by atoms with van der Waals surface area (Å²) in [7, 11) is 0. The number of hydrogen-bond acceptors (Lipinski definition) is 5. The molecule has 2 aliphatic rings. The van der Waals surface area contributed by atoms with Gasteiger partial charge in [-0.3, -0.25) is 14.6 Å². The Hall–Kier alpha value is -2.28. The van der Waals surface area contributed by atoms with Crippen LogP contribution in [0.1, 0.15) is 67.2 Å². The zero-order chi connectivity index (χ0) is 20.1. The van der Waals surface area contributed by atoms with Gasteiger partial charge in [0, 0.05) is 37.0 Å². The highest BCUT2D eigenvalue weighted by Crippen LogP contribution is 2.31. The minimum Gasteiger partial charge on any atom is -0.347 e. The molecule has 1 saturated carbocycles. The summed E-state index contributed by atoms with van der Waals surface area (Å²) in [4.78, 5) is 36.2. The molecule has 0 radical (unpaired) electrons. The van der Waals surface area contributed by atoms with Crippen LogP contribution in [-0.4, -0.2) is 39.8 Å². The van der Waals surface area contributed by atoms with Crippen molar-refractivity contribution in [1.82, 2.24) is 20.2 Å². The number of piperidine rings is 1. The van der Waals surface area contributed by atoms with E-state index in [-0.39, 0.29) is 23.8 Å². The SMILES string of the molecule is O=C(CC1CCCC1)NC(c1ccccn1)C1CCCN(C(=O)c2cscn2)C1. The molecule has 1 aliphatic heterocycles. The Morgan fingerprint density at radius 3 is 2.76 bits per heavy atom. The second kappa shape index (κ2) is 9.48. The van der Waals surface area contributed by atoms with Gasteiger partial charge in [0.15, 0.2) is 0 Å². The number of pyridine rings is 1. The Kier molecular flexibility index (Phi) is 6.54. The van der Waals surface area contributed by atoms with Crippen molar-refractivity contribution in [3.05, 3.63) is 46.7 Å². The van der Waals surface area contributed by atoms with E-state index in [9.17, 15) is 9.59 Å². The predicted octanol–water partition coefficient (Wildman–Crippen LogP) is 3.83. The van der Waals surface area contributed by atoms with Crippen molar-refractivity contribution in [2.75, 3.05) is 13.1 Å². The van der Waals surface area contributed by atoms with E-state index in [1.54, 1.807) is 17.1 Å². The highest BCUT2D eigenvalue weighted by atomic mass is 32.1. The van der Waals surface area contributed by atoms with Crippen molar-refractivity contribution in [3.8, 4) is 0 Å². The van der Waals surface area contributed by atoms with Crippen LogP contribution in [0.3, 0.4) is 0 Å². The van der Waals surface area contributed by atoms with Crippen molar-refractivity contribution in [2.45, 2.75) is 51.0 Å². The summed E-state index contributed by atoms with van der Waals surface area (Å²) in [6, 6.07) is 5.65. The molecular weight excluding hydrogens is 384 g/mol. The molecule has 2 amide bonds. The highest BCUT2D eigenvalue weighted by molar-refractivity contribution is 7.07. The standard InChI is InChI=1S/C22H28N4O2S/c27-20(12-16-6-1-2-7-16)25-21(18-9-3-4-10-23-18)17-8-5-11-26(13-17)22(28)19-14-29-15-24-19/h3-4,9-10,14-17,21H,1-2,5-8,11-13H2,(H,25,27). The monoisotopic (exact) mass is 412 g/mol. The molecule has 2 aromatic rings. The van der Waals surface area contributed by atoms with E-state index in [1.165, 1.54) is 24.2 Å². The number of nitrogens with one attached hydrogen (secondary N) is 1. The first-order valence-corrected chi connectivity index (χ1v) is 11.5. The number of nitrogens with zero attached hydrogens (tertiary/aromatic N) is 3. The van der Waals surface area contributed by atoms with Gasteiger partial charge in [0.2, 0.25) is 5.91 Å². The maximum absolute atomic E-state index is 12.8. The lowest BCUT2D eigenvalue weighted by Gasteiger charge is -2.37. The average molecular weight is 413 g/mol. The zero-order valence-electron chi connectivity index (χ0n) is 16.6. The molecule has 29 heavy (non-hydrogen) atoms. The number of likely N-dealkylation sites (tertiary alicyclic amines) is 1. The van der Waals surface area contributed by atoms with Crippen molar-refractivity contribution >= 4 is 23.2 Å². The molecule has 2 fully saturated rings. The second-order valence-electron chi connectivity index (χ2n) is 8.18. The van der Waals surface area contributed by atoms with E-state index < -0.39 is 0 Å². The molecule has 2 atom stereocenters. The molecule has 7 heteroatoms. The number of hydrogen-bond donors (Lipinski definition) is 1. The minimum absolute atomic E-state index is 0.0204. The van der Waals surface area contributed by atoms with Gasteiger partial charge in [-0.05, 0) is 43.7 Å². The topological polar surface area (TPSA) is 75.2 Å². The lowest BCUT2D eigenvalue weighted by Crippen LogP contribution is -2.45. The lowest BCUT2D eigenvalue weighted by atomic mass is 9.88. The molecule has 2 aromatic heterocycles. The van der Waals surface area contributed by atoms with Crippen LogP contribution in [0.5, 0.6) is 0 Å². The molecule has 154 valence electrons. The Morgan fingerprint density at radius 1 is 1.17 bits per heavy atom. The molecular formula is C22H28N4O2S. The quantitative estimate of drug-likeness (QED) is 0.782. The van der Waals surface area contributed by atoms with Crippen LogP contribution in [0.15, 0.2) is 35.3 Å². The lowest BCUT2D eigenvalue weighted by molar-refractivity contribution is -0.123. The van der Waals surface area contributed by atoms with Gasteiger partial charge in [-0.1, -0.05) is 18.9 Å². The van der Waals surface area contributed by atoms with Crippen molar-refractivity contribution in [2.24, 2.45) is 11.8 Å². The highest BCUT2D eigenvalue weighted by Gasteiger charge is 2.33. The second-order valence-corrected chi connectivity index (χ2v) is 8.90. The third kappa shape index (κ3) is 5.01. The summed E-state index contributed by atoms with van der Waals surface area (Å²) in [6.45, 7) is 1.35. The van der Waals surface area contributed by atoms with Gasteiger partial charge >= 0.3 is 0 Å². The fourth-order valence-corrected chi connectivity index (χ4v) is 5.17. The molecule has 0 bridgehead atoms. The minimum atomic E-state index is -0.170. The first-order valence-electron chi connectivity index (χ1n) is 10.6. The predicted molar refractivity (Wildman–Crippen MR) is 112 cm³/mol. The van der Waals surface area contributed by atoms with Crippen molar-refractivity contribution < 1.29 is 9.59 Å². The number of thiazole rings is 1. The van der Waals surface area contributed by atoms with Crippen LogP contribution in [-0.2, 0) is 4.79 Å². The number of rotatable bonds is 6. The van der Waals surface area contributed by atoms with Crippen molar-refractivity contribution in [1.29, 1.82) is 0 Å². The molecule has 0 spiro atoms. The van der Waals surface area contributed by atoms with Crippen LogP contribution in [0.2, 0.25) is 0 Å². The first kappa shape index (κ1) is 20.0. The van der Waals surface area contributed by atoms with Gasteiger partial charge in [-0.25, -0.2) is 4.98 Å². The van der Waals surface area contributed by atoms with Gasteiger partial charge in [0.05, 0.1) is 17.2 Å². The normalized spacial score (nSPS) is 21.1. The fourth-order valence-electron chi connectivity index (χ4n) is 4.65. The molecule has 2 unspecified atom stereocenters. The Balaban J connectivity index is 1.47. The molecule has 6 nitrogen and oxygen atoms in total. The van der Waals surface area contributed by atoms with Gasteiger partial charge in [0.25, 0.3) is 5.91 Å². The van der Waals surface area contributed by atoms with Gasteiger partial charge in [-0.2, -0.15) is 0 Å². The summed E-state index contributed by atoms with van der Waals surface area (Å²) in [6.07, 6.45) is 9.02. The summed E-state index contributed by atoms with van der Waals surface area (Å²) in [5, 5.41) is 5.07. The molecule has 0 aromatic carbocycles. The number of carbonyl (C=O) groups is 2. The Morgan fingerprint density at radius 2 is 2.03 bits per heavy atom. The number of amides is 2.